The van der Waals surface area contributed by atoms with Crippen LogP contribution in [0.4, 0.5) is 0 Å². The highest BCUT2D eigenvalue weighted by molar-refractivity contribution is 6.02. The van der Waals surface area contributed by atoms with Crippen LogP contribution in [0.1, 0.15) is 54.4 Å². The van der Waals surface area contributed by atoms with Crippen molar-refractivity contribution in [1.82, 2.24) is 19.8 Å². The lowest BCUT2D eigenvalue weighted by Gasteiger charge is -2.31. The Balaban J connectivity index is 1.37. The summed E-state index contributed by atoms with van der Waals surface area (Å²) < 4.78 is 0. The molecule has 2 aliphatic heterocycles. The van der Waals surface area contributed by atoms with Gasteiger partial charge in [-0.05, 0) is 44.1 Å². The number of aryl methyl sites for hydroxylation is 1. The third kappa shape index (κ3) is 4.81. The minimum Gasteiger partial charge on any atom is -0.331 e. The van der Waals surface area contributed by atoms with Crippen LogP contribution in [-0.4, -0.2) is 62.5 Å². The van der Waals surface area contributed by atoms with E-state index in [-0.39, 0.29) is 17.6 Å². The van der Waals surface area contributed by atoms with Crippen LogP contribution >= 0.6 is 0 Å². The summed E-state index contributed by atoms with van der Waals surface area (Å²) in [6.07, 6.45) is 9.32. The monoisotopic (exact) mass is 420 g/mol. The predicted molar refractivity (Wildman–Crippen MR) is 115 cm³/mol. The predicted octanol–water partition coefficient (Wildman–Crippen LogP) is 2.66. The molecule has 7 nitrogen and oxygen atoms in total. The van der Waals surface area contributed by atoms with Crippen LogP contribution in [-0.2, 0) is 16.0 Å². The number of rotatable bonds is 7. The standard InChI is InChI=1S/C24H28N4O3/c29-22(12-4-9-18-7-2-1-3-8-18)27-13-6-11-21(27)24(31)28-14-5-10-20(28)23(30)19-15-25-17-26-16-19/h1-3,7-8,15-17,20-21H,4-6,9-14H2/t20-,21-/m0/s1. The molecule has 4 rings (SSSR count). The Morgan fingerprint density at radius 3 is 2.32 bits per heavy atom. The van der Waals surface area contributed by atoms with Gasteiger partial charge in [-0.2, -0.15) is 0 Å². The first kappa shape index (κ1) is 21.2. The van der Waals surface area contributed by atoms with Crippen molar-refractivity contribution in [3.05, 3.63) is 60.2 Å². The van der Waals surface area contributed by atoms with E-state index in [0.717, 1.165) is 25.7 Å². The van der Waals surface area contributed by atoms with Gasteiger partial charge in [0.05, 0.1) is 11.6 Å². The first-order chi connectivity index (χ1) is 15.1. The minimum absolute atomic E-state index is 0.0327. The number of amides is 2. The van der Waals surface area contributed by atoms with E-state index in [0.29, 0.717) is 37.9 Å². The Morgan fingerprint density at radius 1 is 0.903 bits per heavy atom. The summed E-state index contributed by atoms with van der Waals surface area (Å²) in [5, 5.41) is 0. The molecule has 2 atom stereocenters. The third-order valence-electron chi connectivity index (χ3n) is 6.24. The van der Waals surface area contributed by atoms with Gasteiger partial charge in [0.25, 0.3) is 0 Å². The summed E-state index contributed by atoms with van der Waals surface area (Å²) in [7, 11) is 0. The zero-order chi connectivity index (χ0) is 21.6. The fraction of sp³-hybridized carbons (Fsp3) is 0.458. The van der Waals surface area contributed by atoms with Gasteiger partial charge in [-0.3, -0.25) is 14.4 Å². The SMILES string of the molecule is O=C(c1cncnc1)[C@@H]1CCCN1C(=O)[C@@H]1CCCN1C(=O)CCCc1ccccc1. The molecule has 2 fully saturated rings. The van der Waals surface area contributed by atoms with Crippen LogP contribution in [0.2, 0.25) is 0 Å². The van der Waals surface area contributed by atoms with Crippen LogP contribution in [0.3, 0.4) is 0 Å². The molecule has 1 aromatic carbocycles. The van der Waals surface area contributed by atoms with Gasteiger partial charge >= 0.3 is 0 Å². The number of carbonyl (C=O) groups is 3. The van der Waals surface area contributed by atoms with Gasteiger partial charge in [0, 0.05) is 31.9 Å². The molecule has 0 spiro atoms. The summed E-state index contributed by atoms with van der Waals surface area (Å²) in [6, 6.07) is 9.17. The van der Waals surface area contributed by atoms with Crippen molar-refractivity contribution in [2.24, 2.45) is 0 Å². The van der Waals surface area contributed by atoms with Crippen LogP contribution in [0.15, 0.2) is 49.1 Å². The van der Waals surface area contributed by atoms with Crippen LogP contribution in [0, 0.1) is 0 Å². The maximum atomic E-state index is 13.4. The topological polar surface area (TPSA) is 83.5 Å². The third-order valence-corrected chi connectivity index (χ3v) is 6.24. The van der Waals surface area contributed by atoms with Gasteiger partial charge < -0.3 is 9.80 Å². The van der Waals surface area contributed by atoms with E-state index in [4.69, 9.17) is 0 Å². The van der Waals surface area contributed by atoms with Crippen LogP contribution < -0.4 is 0 Å². The zero-order valence-electron chi connectivity index (χ0n) is 17.7. The first-order valence-corrected chi connectivity index (χ1v) is 11.1. The van der Waals surface area contributed by atoms with Crippen LogP contribution in [0.5, 0.6) is 0 Å². The van der Waals surface area contributed by atoms with E-state index in [1.807, 2.05) is 18.2 Å². The summed E-state index contributed by atoms with van der Waals surface area (Å²) in [6.45, 7) is 1.16. The van der Waals surface area contributed by atoms with E-state index in [9.17, 15) is 14.4 Å². The molecule has 0 N–H and O–H groups in total. The number of aromatic nitrogens is 2. The summed E-state index contributed by atoms with van der Waals surface area (Å²) in [5.41, 5.74) is 1.64. The second kappa shape index (κ2) is 9.81. The second-order valence-corrected chi connectivity index (χ2v) is 8.27. The van der Waals surface area contributed by atoms with E-state index < -0.39 is 12.1 Å². The van der Waals surface area contributed by atoms with Gasteiger partial charge in [0.15, 0.2) is 5.78 Å². The minimum atomic E-state index is -0.492. The maximum absolute atomic E-state index is 13.4. The number of hydrogen-bond donors (Lipinski definition) is 0. The lowest BCUT2D eigenvalue weighted by Crippen LogP contribution is -2.51. The normalized spacial score (nSPS) is 20.8. The molecule has 0 saturated carbocycles. The van der Waals surface area contributed by atoms with E-state index in [2.05, 4.69) is 22.1 Å². The number of hydrogen-bond acceptors (Lipinski definition) is 5. The molecule has 2 aromatic rings. The lowest BCUT2D eigenvalue weighted by molar-refractivity contribution is -0.144. The molecule has 31 heavy (non-hydrogen) atoms. The first-order valence-electron chi connectivity index (χ1n) is 11.1. The molecule has 0 aliphatic carbocycles. The summed E-state index contributed by atoms with van der Waals surface area (Å²) in [4.78, 5) is 50.4. The number of Topliss-reactive ketones (excluding diaryl/α,β-unsaturated/α-hetero) is 1. The van der Waals surface area contributed by atoms with Crippen molar-refractivity contribution in [2.75, 3.05) is 13.1 Å². The fourth-order valence-corrected chi connectivity index (χ4v) is 4.67. The Kier molecular flexibility index (Phi) is 6.70. The van der Waals surface area contributed by atoms with Crippen molar-refractivity contribution >= 4 is 17.6 Å². The van der Waals surface area contributed by atoms with Crippen LogP contribution in [0.25, 0.3) is 0 Å². The fourth-order valence-electron chi connectivity index (χ4n) is 4.67. The molecule has 2 saturated heterocycles. The number of nitrogens with zero attached hydrogens (tertiary/aromatic N) is 4. The summed E-state index contributed by atoms with van der Waals surface area (Å²) >= 11 is 0. The highest BCUT2D eigenvalue weighted by Crippen LogP contribution is 2.27. The Labute approximate surface area is 182 Å². The van der Waals surface area contributed by atoms with E-state index >= 15 is 0 Å². The van der Waals surface area contributed by atoms with E-state index in [1.165, 1.54) is 24.3 Å². The van der Waals surface area contributed by atoms with Crippen molar-refractivity contribution in [3.8, 4) is 0 Å². The molecule has 2 aliphatic rings. The highest BCUT2D eigenvalue weighted by atomic mass is 16.2. The zero-order valence-corrected chi connectivity index (χ0v) is 17.7. The van der Waals surface area contributed by atoms with Gasteiger partial charge in [0.1, 0.15) is 12.4 Å². The van der Waals surface area contributed by atoms with Crippen molar-refractivity contribution in [3.63, 3.8) is 0 Å². The van der Waals surface area contributed by atoms with Crippen molar-refractivity contribution < 1.29 is 14.4 Å². The maximum Gasteiger partial charge on any atom is 0.246 e. The molecular weight excluding hydrogens is 392 g/mol. The van der Waals surface area contributed by atoms with Gasteiger partial charge in [0.2, 0.25) is 11.8 Å². The summed E-state index contributed by atoms with van der Waals surface area (Å²) in [5.74, 6) is -0.183. The molecule has 0 unspecified atom stereocenters. The molecule has 7 heteroatoms. The molecule has 3 heterocycles. The number of benzene rings is 1. The lowest BCUT2D eigenvalue weighted by atomic mass is 10.0. The molecule has 0 radical (unpaired) electrons. The quantitative estimate of drug-likeness (QED) is 0.643. The molecular formula is C24H28N4O3. The Hall–Kier alpha value is -3.09. The number of ketones is 1. The smallest absolute Gasteiger partial charge is 0.246 e. The van der Waals surface area contributed by atoms with Gasteiger partial charge in [-0.25, -0.2) is 9.97 Å². The second-order valence-electron chi connectivity index (χ2n) is 8.27. The Morgan fingerprint density at radius 2 is 1.58 bits per heavy atom. The molecule has 162 valence electrons. The average molecular weight is 421 g/mol. The number of likely N-dealkylation sites (tertiary alicyclic amines) is 2. The molecule has 2 amide bonds. The van der Waals surface area contributed by atoms with E-state index in [1.54, 1.807) is 9.80 Å². The highest BCUT2D eigenvalue weighted by Gasteiger charge is 2.42. The van der Waals surface area contributed by atoms with Gasteiger partial charge in [-0.15, -0.1) is 0 Å². The van der Waals surface area contributed by atoms with Crippen molar-refractivity contribution in [1.29, 1.82) is 0 Å². The molecule has 1 aromatic heterocycles. The number of carbonyl (C=O) groups excluding carboxylic acids is 3. The average Bonchev–Trinajstić information content (AvgIpc) is 3.49. The Bertz CT molecular complexity index is 919. The largest absolute Gasteiger partial charge is 0.331 e. The van der Waals surface area contributed by atoms with Crippen molar-refractivity contribution in [2.45, 2.75) is 57.0 Å². The van der Waals surface area contributed by atoms with Gasteiger partial charge in [-0.1, -0.05) is 30.3 Å². The molecule has 0 bridgehead atoms.